The highest BCUT2D eigenvalue weighted by atomic mass is 127. The lowest BCUT2D eigenvalue weighted by Crippen LogP contribution is -2.46. The zero-order chi connectivity index (χ0) is 14.9. The summed E-state index contributed by atoms with van der Waals surface area (Å²) in [5.41, 5.74) is 0.595. The van der Waals surface area contributed by atoms with E-state index in [2.05, 4.69) is 22.6 Å². The van der Waals surface area contributed by atoms with Crippen molar-refractivity contribution in [3.8, 4) is 0 Å². The summed E-state index contributed by atoms with van der Waals surface area (Å²) in [7, 11) is 0. The lowest BCUT2D eigenvalue weighted by molar-refractivity contribution is -0.142. The van der Waals surface area contributed by atoms with Crippen LogP contribution in [0.3, 0.4) is 0 Å². The Hall–Kier alpha value is -0.170. The van der Waals surface area contributed by atoms with Crippen LogP contribution in [0.4, 0.5) is 0 Å². The van der Waals surface area contributed by atoms with Gasteiger partial charge in [0.05, 0.1) is 5.60 Å². The highest BCUT2D eigenvalue weighted by Gasteiger charge is 2.41. The van der Waals surface area contributed by atoms with E-state index in [1.54, 1.807) is 6.07 Å². The topological polar surface area (TPSA) is 35.5 Å². The van der Waals surface area contributed by atoms with Gasteiger partial charge < -0.3 is 9.47 Å². The second-order valence-corrected chi connectivity index (χ2v) is 7.42. The van der Waals surface area contributed by atoms with E-state index in [1.807, 2.05) is 12.1 Å². The molecule has 2 saturated heterocycles. The van der Waals surface area contributed by atoms with E-state index < -0.39 is 0 Å². The van der Waals surface area contributed by atoms with E-state index in [4.69, 9.17) is 21.1 Å². The zero-order valence-electron chi connectivity index (χ0n) is 11.7. The van der Waals surface area contributed by atoms with Crippen LogP contribution in [-0.2, 0) is 9.47 Å². The number of carbonyl (C=O) groups excluding carboxylic acids is 1. The first kappa shape index (κ1) is 15.7. The fourth-order valence-corrected chi connectivity index (χ4v) is 4.02. The van der Waals surface area contributed by atoms with Crippen LogP contribution >= 0.6 is 34.2 Å². The van der Waals surface area contributed by atoms with Gasteiger partial charge in [0.1, 0.15) is 0 Å². The van der Waals surface area contributed by atoms with Gasteiger partial charge in [-0.15, -0.1) is 0 Å². The maximum atomic E-state index is 12.8. The molecule has 3 nitrogen and oxygen atoms in total. The molecular weight excluding hydrogens is 403 g/mol. The van der Waals surface area contributed by atoms with Crippen molar-refractivity contribution in [1.82, 2.24) is 0 Å². The largest absolute Gasteiger partial charge is 0.381 e. The number of ether oxygens (including phenoxy) is 2. The summed E-state index contributed by atoms with van der Waals surface area (Å²) >= 11 is 8.25. The fraction of sp³-hybridized carbons (Fsp3) is 0.562. The van der Waals surface area contributed by atoms with E-state index in [9.17, 15) is 4.79 Å². The molecule has 114 valence electrons. The van der Waals surface area contributed by atoms with Crippen molar-refractivity contribution < 1.29 is 14.3 Å². The Balaban J connectivity index is 1.79. The van der Waals surface area contributed by atoms with Gasteiger partial charge >= 0.3 is 0 Å². The molecule has 0 amide bonds. The molecule has 0 aromatic heterocycles. The number of hydrogen-bond acceptors (Lipinski definition) is 3. The highest BCUT2D eigenvalue weighted by Crippen LogP contribution is 2.38. The van der Waals surface area contributed by atoms with E-state index in [0.29, 0.717) is 11.6 Å². The number of carbonyl (C=O) groups is 1. The van der Waals surface area contributed by atoms with Crippen LogP contribution in [0, 0.1) is 9.49 Å². The maximum absolute atomic E-state index is 12.8. The summed E-state index contributed by atoms with van der Waals surface area (Å²) in [6.07, 6.45) is 3.38. The molecule has 2 fully saturated rings. The lowest BCUT2D eigenvalue weighted by Gasteiger charge is -2.43. The standard InChI is InChI=1S/C16H18ClIO3/c17-12-1-2-14(18)13(9-12)15(19)11-3-6-21-16(10-11)4-7-20-8-5-16/h1-2,9,11H,3-8,10H2. The van der Waals surface area contributed by atoms with Gasteiger partial charge in [-0.25, -0.2) is 0 Å². The highest BCUT2D eigenvalue weighted by molar-refractivity contribution is 14.1. The molecule has 0 aliphatic carbocycles. The molecule has 5 heteroatoms. The minimum Gasteiger partial charge on any atom is -0.381 e. The SMILES string of the molecule is O=C(c1cc(Cl)ccc1I)C1CCOC2(CCOCC2)C1. The van der Waals surface area contributed by atoms with Gasteiger partial charge in [0.15, 0.2) is 5.78 Å². The Morgan fingerprint density at radius 2 is 2.05 bits per heavy atom. The number of hydrogen-bond donors (Lipinski definition) is 0. The molecule has 0 saturated carbocycles. The summed E-state index contributed by atoms with van der Waals surface area (Å²) in [6, 6.07) is 5.52. The Kier molecular flexibility index (Phi) is 4.88. The summed E-state index contributed by atoms with van der Waals surface area (Å²) in [6.45, 7) is 2.12. The van der Waals surface area contributed by atoms with Crippen molar-refractivity contribution in [2.45, 2.75) is 31.3 Å². The predicted octanol–water partition coefficient (Wildman–Crippen LogP) is 4.10. The van der Waals surface area contributed by atoms with Crippen LogP contribution in [0.1, 0.15) is 36.0 Å². The third-order valence-corrected chi connectivity index (χ3v) is 5.64. The predicted molar refractivity (Wildman–Crippen MR) is 90.0 cm³/mol. The Bertz CT molecular complexity index is 535. The second kappa shape index (κ2) is 6.52. The van der Waals surface area contributed by atoms with Crippen molar-refractivity contribution in [2.75, 3.05) is 19.8 Å². The first-order valence-electron chi connectivity index (χ1n) is 7.31. The Morgan fingerprint density at radius 3 is 2.81 bits per heavy atom. The molecule has 3 rings (SSSR count). The zero-order valence-corrected chi connectivity index (χ0v) is 14.7. The molecule has 2 heterocycles. The molecular formula is C16H18ClIO3. The number of halogens is 2. The number of ketones is 1. The average Bonchev–Trinajstić information content (AvgIpc) is 2.50. The maximum Gasteiger partial charge on any atom is 0.167 e. The van der Waals surface area contributed by atoms with Crippen molar-refractivity contribution in [3.05, 3.63) is 32.4 Å². The normalized spacial score (nSPS) is 25.0. The molecule has 21 heavy (non-hydrogen) atoms. The Labute approximate surface area is 143 Å². The molecule has 1 aromatic carbocycles. The van der Waals surface area contributed by atoms with Crippen LogP contribution in [0.2, 0.25) is 5.02 Å². The average molecular weight is 421 g/mol. The van der Waals surface area contributed by atoms with Gasteiger partial charge in [0.2, 0.25) is 0 Å². The minimum absolute atomic E-state index is 0.0313. The summed E-state index contributed by atoms with van der Waals surface area (Å²) < 4.78 is 12.4. The van der Waals surface area contributed by atoms with E-state index in [1.165, 1.54) is 0 Å². The molecule has 2 aliphatic rings. The van der Waals surface area contributed by atoms with Gasteiger partial charge in [-0.3, -0.25) is 4.79 Å². The molecule has 1 spiro atoms. The number of Topliss-reactive ketones (excluding diaryl/α,β-unsaturated/α-hetero) is 1. The number of rotatable bonds is 2. The monoisotopic (exact) mass is 420 g/mol. The van der Waals surface area contributed by atoms with Gasteiger partial charge in [-0.05, 0) is 66.5 Å². The van der Waals surface area contributed by atoms with Gasteiger partial charge in [-0.1, -0.05) is 11.6 Å². The second-order valence-electron chi connectivity index (χ2n) is 5.82. The van der Waals surface area contributed by atoms with E-state index in [0.717, 1.165) is 48.0 Å². The molecule has 0 radical (unpaired) electrons. The van der Waals surface area contributed by atoms with Crippen molar-refractivity contribution in [1.29, 1.82) is 0 Å². The van der Waals surface area contributed by atoms with Gasteiger partial charge in [0, 0.05) is 39.9 Å². The lowest BCUT2D eigenvalue weighted by atomic mass is 9.78. The van der Waals surface area contributed by atoms with Crippen molar-refractivity contribution in [3.63, 3.8) is 0 Å². The Morgan fingerprint density at radius 1 is 1.29 bits per heavy atom. The fourth-order valence-electron chi connectivity index (χ4n) is 3.25. The van der Waals surface area contributed by atoms with Crippen molar-refractivity contribution in [2.24, 2.45) is 5.92 Å². The summed E-state index contributed by atoms with van der Waals surface area (Å²) in [5, 5.41) is 0.617. The third kappa shape index (κ3) is 3.44. The molecule has 1 atom stereocenters. The minimum atomic E-state index is -0.152. The van der Waals surface area contributed by atoms with Gasteiger partial charge in [0.25, 0.3) is 0 Å². The van der Waals surface area contributed by atoms with Gasteiger partial charge in [-0.2, -0.15) is 0 Å². The van der Waals surface area contributed by atoms with E-state index >= 15 is 0 Å². The van der Waals surface area contributed by atoms with Crippen LogP contribution in [0.25, 0.3) is 0 Å². The molecule has 1 aromatic rings. The first-order valence-corrected chi connectivity index (χ1v) is 8.76. The quantitative estimate of drug-likeness (QED) is 0.534. The summed E-state index contributed by atoms with van der Waals surface area (Å²) in [4.78, 5) is 12.8. The third-order valence-electron chi connectivity index (χ3n) is 4.46. The molecule has 2 aliphatic heterocycles. The van der Waals surface area contributed by atoms with Crippen LogP contribution in [0.5, 0.6) is 0 Å². The first-order chi connectivity index (χ1) is 10.1. The van der Waals surface area contributed by atoms with E-state index in [-0.39, 0.29) is 17.3 Å². The van der Waals surface area contributed by atoms with Crippen molar-refractivity contribution >= 4 is 40.0 Å². The molecule has 0 bridgehead atoms. The smallest absolute Gasteiger partial charge is 0.167 e. The van der Waals surface area contributed by atoms with Crippen LogP contribution < -0.4 is 0 Å². The van der Waals surface area contributed by atoms with Crippen LogP contribution in [-0.4, -0.2) is 31.2 Å². The molecule has 1 unspecified atom stereocenters. The number of benzene rings is 1. The van der Waals surface area contributed by atoms with Crippen LogP contribution in [0.15, 0.2) is 18.2 Å². The summed E-state index contributed by atoms with van der Waals surface area (Å²) in [5.74, 6) is 0.236. The molecule has 0 N–H and O–H groups in total.